The Balaban J connectivity index is 2.85. The molecule has 0 aliphatic carbocycles. The van der Waals surface area contributed by atoms with Crippen molar-refractivity contribution >= 4 is 0 Å². The largest absolute Gasteiger partial charge is 0.328 e. The highest BCUT2D eigenvalue weighted by molar-refractivity contribution is 5.28. The molecule has 1 rings (SSSR count). The van der Waals surface area contributed by atoms with Crippen molar-refractivity contribution in [3.63, 3.8) is 0 Å². The molecule has 1 aromatic carbocycles. The zero-order chi connectivity index (χ0) is 17.0. The van der Waals surface area contributed by atoms with E-state index in [4.69, 9.17) is 0 Å². The molecule has 0 saturated heterocycles. The van der Waals surface area contributed by atoms with E-state index in [1.807, 2.05) is 0 Å². The molecule has 22 heavy (non-hydrogen) atoms. The highest BCUT2D eigenvalue weighted by atomic mass is 15.3. The highest BCUT2D eigenvalue weighted by Crippen LogP contribution is 2.24. The Morgan fingerprint density at radius 3 is 1.45 bits per heavy atom. The lowest BCUT2D eigenvalue weighted by atomic mass is 9.93. The molecule has 0 aliphatic heterocycles. The number of likely N-dealkylation sites (N-methyl/N-ethyl adjacent to an activating group) is 2. The van der Waals surface area contributed by atoms with E-state index in [1.54, 1.807) is 0 Å². The van der Waals surface area contributed by atoms with Gasteiger partial charge in [-0.25, -0.2) is 0 Å². The fourth-order valence-corrected chi connectivity index (χ4v) is 3.12. The van der Waals surface area contributed by atoms with Crippen LogP contribution in [0.1, 0.15) is 50.7 Å². The summed E-state index contributed by atoms with van der Waals surface area (Å²) >= 11 is 0. The van der Waals surface area contributed by atoms with Crippen LogP contribution < -0.4 is 0 Å². The van der Waals surface area contributed by atoms with Gasteiger partial charge in [0.05, 0.1) is 54.4 Å². The summed E-state index contributed by atoms with van der Waals surface area (Å²) in [5, 5.41) is 0. The van der Waals surface area contributed by atoms with E-state index in [1.165, 1.54) is 37.3 Å². The fourth-order valence-electron chi connectivity index (χ4n) is 3.12. The molecule has 0 amide bonds. The molecule has 0 spiro atoms. The summed E-state index contributed by atoms with van der Waals surface area (Å²) in [6.07, 6.45) is 0. The van der Waals surface area contributed by atoms with E-state index >= 15 is 0 Å². The zero-order valence-corrected chi connectivity index (χ0v) is 16.2. The molecule has 2 nitrogen and oxygen atoms in total. The van der Waals surface area contributed by atoms with Gasteiger partial charge in [-0.2, -0.15) is 0 Å². The number of quaternary nitrogens is 2. The molecule has 2 atom stereocenters. The van der Waals surface area contributed by atoms with Gasteiger partial charge >= 0.3 is 0 Å². The van der Waals surface area contributed by atoms with Gasteiger partial charge in [0.15, 0.2) is 0 Å². The van der Waals surface area contributed by atoms with E-state index in [0.717, 1.165) is 8.97 Å². The van der Waals surface area contributed by atoms with Crippen molar-refractivity contribution in [1.82, 2.24) is 0 Å². The summed E-state index contributed by atoms with van der Waals surface area (Å²) in [6.45, 7) is 14.0. The van der Waals surface area contributed by atoms with E-state index in [0.29, 0.717) is 11.8 Å². The second-order valence-electron chi connectivity index (χ2n) is 8.34. The second kappa shape index (κ2) is 7.61. The molecular weight excluding hydrogens is 268 g/mol. The predicted octanol–water partition coefficient (Wildman–Crippen LogP) is 4.09. The monoisotopic (exact) mass is 306 g/mol. The lowest BCUT2D eigenvalue weighted by Gasteiger charge is -2.32. The molecule has 0 saturated carbocycles. The molecule has 0 heterocycles. The first-order valence-corrected chi connectivity index (χ1v) is 8.84. The van der Waals surface area contributed by atoms with E-state index in [-0.39, 0.29) is 0 Å². The van der Waals surface area contributed by atoms with Crippen LogP contribution >= 0.6 is 0 Å². The molecule has 0 bridgehead atoms. The van der Waals surface area contributed by atoms with Crippen molar-refractivity contribution in [3.05, 3.63) is 35.4 Å². The Morgan fingerprint density at radius 1 is 0.773 bits per heavy atom. The summed E-state index contributed by atoms with van der Waals surface area (Å²) in [7, 11) is 9.29. The second-order valence-corrected chi connectivity index (χ2v) is 8.34. The topological polar surface area (TPSA) is 0 Å². The summed E-state index contributed by atoms with van der Waals surface area (Å²) in [5.41, 5.74) is 2.98. The molecule has 0 radical (unpaired) electrons. The first-order chi connectivity index (χ1) is 10.1. The number of hydrogen-bond donors (Lipinski definition) is 0. The first kappa shape index (κ1) is 19.2. The van der Waals surface area contributed by atoms with Gasteiger partial charge in [-0.15, -0.1) is 0 Å². The van der Waals surface area contributed by atoms with Crippen LogP contribution in [-0.4, -0.2) is 63.3 Å². The van der Waals surface area contributed by atoms with Gasteiger partial charge < -0.3 is 8.97 Å². The van der Waals surface area contributed by atoms with Crippen LogP contribution in [0.15, 0.2) is 24.3 Å². The smallest absolute Gasteiger partial charge is 0.0849 e. The summed E-state index contributed by atoms with van der Waals surface area (Å²) in [5.74, 6) is 1.21. The van der Waals surface area contributed by atoms with E-state index < -0.39 is 0 Å². The Labute approximate surface area is 138 Å². The quantitative estimate of drug-likeness (QED) is 0.635. The van der Waals surface area contributed by atoms with Crippen molar-refractivity contribution < 1.29 is 8.97 Å². The van der Waals surface area contributed by atoms with Crippen LogP contribution in [-0.2, 0) is 0 Å². The molecule has 0 aliphatic rings. The summed E-state index contributed by atoms with van der Waals surface area (Å²) < 4.78 is 2.17. The molecule has 126 valence electrons. The lowest BCUT2D eigenvalue weighted by Crippen LogP contribution is -2.42. The van der Waals surface area contributed by atoms with Crippen molar-refractivity contribution in [3.8, 4) is 0 Å². The zero-order valence-electron chi connectivity index (χ0n) is 16.2. The minimum Gasteiger partial charge on any atom is -0.328 e. The van der Waals surface area contributed by atoms with Crippen LogP contribution in [0.2, 0.25) is 0 Å². The Bertz CT molecular complexity index is 423. The van der Waals surface area contributed by atoms with Gasteiger partial charge in [0.25, 0.3) is 0 Å². The molecule has 0 N–H and O–H groups in total. The lowest BCUT2D eigenvalue weighted by molar-refractivity contribution is -0.889. The van der Waals surface area contributed by atoms with Gasteiger partial charge in [-0.1, -0.05) is 38.1 Å². The molecule has 2 heteroatoms. The predicted molar refractivity (Wildman–Crippen MR) is 98.3 cm³/mol. The summed E-state index contributed by atoms with van der Waals surface area (Å²) in [6, 6.07) is 9.29. The number of nitrogens with zero attached hydrogens (tertiary/aromatic N) is 2. The minimum atomic E-state index is 0.607. The summed E-state index contributed by atoms with van der Waals surface area (Å²) in [4.78, 5) is 0. The maximum Gasteiger partial charge on any atom is 0.0849 e. The Kier molecular flexibility index (Phi) is 6.64. The van der Waals surface area contributed by atoms with Crippen molar-refractivity contribution in [2.75, 3.05) is 54.4 Å². The van der Waals surface area contributed by atoms with Crippen LogP contribution in [0.5, 0.6) is 0 Å². The average molecular weight is 307 g/mol. The molecular formula is C20H38N2+2. The number of benzene rings is 1. The molecule has 2 unspecified atom stereocenters. The third kappa shape index (κ3) is 5.73. The van der Waals surface area contributed by atoms with Crippen LogP contribution in [0.3, 0.4) is 0 Å². The Morgan fingerprint density at radius 2 is 1.14 bits per heavy atom. The SMILES string of the molecule is CC[N+](C)(C)CC(C)c1cccc(C(C)C[N+](C)(C)CC)c1. The van der Waals surface area contributed by atoms with Crippen molar-refractivity contribution in [2.24, 2.45) is 0 Å². The van der Waals surface area contributed by atoms with E-state index in [9.17, 15) is 0 Å². The van der Waals surface area contributed by atoms with E-state index in [2.05, 4.69) is 80.2 Å². The molecule has 0 aromatic heterocycles. The van der Waals surface area contributed by atoms with Crippen LogP contribution in [0.4, 0.5) is 0 Å². The standard InChI is InChI=1S/C20H38N2/c1-9-21(5,6)15-17(3)19-12-11-13-20(14-19)18(4)16-22(7,8)10-2/h11-14,17-18H,9-10,15-16H2,1-8H3/q+2. The Hall–Kier alpha value is -0.860. The van der Waals surface area contributed by atoms with Crippen molar-refractivity contribution in [2.45, 2.75) is 39.5 Å². The normalized spacial score (nSPS) is 15.6. The number of rotatable bonds is 8. The number of hydrogen-bond acceptors (Lipinski definition) is 0. The first-order valence-electron chi connectivity index (χ1n) is 8.84. The minimum absolute atomic E-state index is 0.607. The van der Waals surface area contributed by atoms with Gasteiger partial charge in [-0.3, -0.25) is 0 Å². The van der Waals surface area contributed by atoms with Gasteiger partial charge in [0, 0.05) is 11.8 Å². The third-order valence-electron chi connectivity index (χ3n) is 5.30. The van der Waals surface area contributed by atoms with Crippen LogP contribution in [0, 0.1) is 0 Å². The maximum atomic E-state index is 2.45. The van der Waals surface area contributed by atoms with Gasteiger partial charge in [-0.05, 0) is 25.0 Å². The molecule has 0 fully saturated rings. The van der Waals surface area contributed by atoms with Crippen LogP contribution in [0.25, 0.3) is 0 Å². The average Bonchev–Trinajstić information content (AvgIpc) is 2.46. The molecule has 1 aromatic rings. The highest BCUT2D eigenvalue weighted by Gasteiger charge is 2.21. The van der Waals surface area contributed by atoms with Gasteiger partial charge in [0.1, 0.15) is 0 Å². The van der Waals surface area contributed by atoms with Gasteiger partial charge in [0.2, 0.25) is 0 Å². The van der Waals surface area contributed by atoms with Crippen molar-refractivity contribution in [1.29, 1.82) is 0 Å². The maximum absolute atomic E-state index is 2.45. The third-order valence-corrected chi connectivity index (χ3v) is 5.30. The fraction of sp³-hybridized carbons (Fsp3) is 0.700.